The molecule has 3 unspecified atom stereocenters. The summed E-state index contributed by atoms with van der Waals surface area (Å²) in [5, 5.41) is 9.18. The van der Waals surface area contributed by atoms with E-state index in [4.69, 9.17) is 18.9 Å². The topological polar surface area (TPSA) is 57.2 Å². The van der Waals surface area contributed by atoms with Crippen LogP contribution in [0.25, 0.3) is 33.4 Å². The van der Waals surface area contributed by atoms with Gasteiger partial charge in [0.25, 0.3) is 0 Å². The fraction of sp³-hybridized carbons (Fsp3) is 0.373. The zero-order valence-corrected chi connectivity index (χ0v) is 47.2. The summed E-state index contributed by atoms with van der Waals surface area (Å²) in [7, 11) is 0. The maximum atomic E-state index is 14.9. The first-order valence-corrected chi connectivity index (χ1v) is 28.8. The van der Waals surface area contributed by atoms with Crippen molar-refractivity contribution in [1.29, 1.82) is 0 Å². The van der Waals surface area contributed by atoms with Gasteiger partial charge in [0, 0.05) is 4.47 Å². The van der Waals surface area contributed by atoms with E-state index in [0.717, 1.165) is 91.3 Å². The van der Waals surface area contributed by atoms with Crippen molar-refractivity contribution in [2.24, 2.45) is 17.8 Å². The molecule has 0 spiro atoms. The van der Waals surface area contributed by atoms with E-state index in [1.165, 1.54) is 69.1 Å². The molecule has 3 aliphatic rings. The van der Waals surface area contributed by atoms with Crippen molar-refractivity contribution < 1.29 is 54.8 Å². The lowest BCUT2D eigenvalue weighted by Crippen LogP contribution is -2.20. The summed E-state index contributed by atoms with van der Waals surface area (Å²) >= 11 is 3.46. The molecule has 7 aromatic carbocycles. The Morgan fingerprint density at radius 1 is 0.425 bits per heavy atom. The number of halogens is 8. The summed E-state index contributed by atoms with van der Waals surface area (Å²) in [6, 6.07) is 36.5. The van der Waals surface area contributed by atoms with Crippen molar-refractivity contribution in [2.75, 3.05) is 19.8 Å². The molecule has 0 aromatic heterocycles. The fourth-order valence-corrected chi connectivity index (χ4v) is 11.1. The molecule has 3 aliphatic heterocycles. The van der Waals surface area contributed by atoms with E-state index in [-0.39, 0.29) is 24.4 Å². The van der Waals surface area contributed by atoms with Gasteiger partial charge in [-0.2, -0.15) is 0 Å². The first-order valence-electron chi connectivity index (χ1n) is 28.0. The molecular formula is C67H70BrF7O5. The minimum absolute atomic E-state index is 0.0403. The molecule has 424 valence electrons. The van der Waals surface area contributed by atoms with E-state index < -0.39 is 52.2 Å². The van der Waals surface area contributed by atoms with E-state index in [9.17, 15) is 35.8 Å². The maximum Gasteiger partial charge on any atom is 0.194 e. The SMILES string of the molecule is CCCC1CC[C@@H](c2ccc(-c3cc(F)c(O)c(F)c3)cc2)OC1.CCCC1CC[C@@H](c2ccc(-c3cc(F)c(OCc4ccc(-c5cc(F)c(F)c(F)c5)cc4)c(F)c3)cc2)OC1.CCCC1CC[C@@H](c2ccc(Br)cc2)OC1. The molecule has 6 atom stereocenters. The standard InChI is InChI=1S/C33H29F5O2.C20H22F2O2.C14H19BrO/c1-2-3-20-6-13-31(39-18-20)24-11-9-23(10-12-24)26-16-29(36)33(30(37)17-26)40-19-21-4-7-22(8-5-21)25-14-27(34)32(38)28(35)15-25;1-2-3-13-4-9-19(24-12-13)15-7-5-14(6-8-15)16-10-17(21)20(23)18(22)11-16;1-2-3-11-4-9-14(16-10-11)12-5-7-13(15)8-6-12/h4-5,7-12,14-17,20,31H,2-3,6,13,18-19H2,1H3;5-8,10-11,13,19,23H,2-4,9,12H2,1H3;5-8,11,14H,2-4,9-10H2,1H3/t20?,31-;13?,19-;11?,14-/m000/s1. The van der Waals surface area contributed by atoms with Crippen molar-refractivity contribution in [3.05, 3.63) is 201 Å². The molecule has 1 N–H and O–H groups in total. The molecule has 10 rings (SSSR count). The summed E-state index contributed by atoms with van der Waals surface area (Å²) < 4.78 is 122. The fourth-order valence-electron chi connectivity index (χ4n) is 10.8. The van der Waals surface area contributed by atoms with Gasteiger partial charge in [0.05, 0.1) is 38.1 Å². The molecule has 13 heteroatoms. The third kappa shape index (κ3) is 16.1. The number of rotatable bonds is 15. The van der Waals surface area contributed by atoms with E-state index >= 15 is 0 Å². The van der Waals surface area contributed by atoms with E-state index in [0.29, 0.717) is 51.3 Å². The monoisotopic (exact) mass is 1170 g/mol. The average molecular weight is 1170 g/mol. The van der Waals surface area contributed by atoms with Crippen LogP contribution in [0.5, 0.6) is 11.5 Å². The van der Waals surface area contributed by atoms with Gasteiger partial charge in [-0.25, -0.2) is 30.7 Å². The molecule has 3 fully saturated rings. The summed E-state index contributed by atoms with van der Waals surface area (Å²) in [4.78, 5) is 0. The van der Waals surface area contributed by atoms with Gasteiger partial charge in [0.15, 0.2) is 52.2 Å². The zero-order valence-electron chi connectivity index (χ0n) is 45.6. The van der Waals surface area contributed by atoms with Crippen LogP contribution < -0.4 is 4.74 Å². The number of ether oxygens (including phenoxy) is 4. The Labute approximate surface area is 474 Å². The summed E-state index contributed by atoms with van der Waals surface area (Å²) in [6.45, 7) is 9.00. The molecule has 0 radical (unpaired) electrons. The van der Waals surface area contributed by atoms with E-state index in [1.807, 2.05) is 48.5 Å². The van der Waals surface area contributed by atoms with Crippen molar-refractivity contribution in [1.82, 2.24) is 0 Å². The summed E-state index contributed by atoms with van der Waals surface area (Å²) in [5.74, 6) is -7.03. The second-order valence-electron chi connectivity index (χ2n) is 21.3. The van der Waals surface area contributed by atoms with Gasteiger partial charge < -0.3 is 24.1 Å². The van der Waals surface area contributed by atoms with Crippen LogP contribution in [0.15, 0.2) is 138 Å². The van der Waals surface area contributed by atoms with Crippen molar-refractivity contribution in [3.8, 4) is 44.9 Å². The minimum atomic E-state index is -1.53. The van der Waals surface area contributed by atoms with Crippen molar-refractivity contribution >= 4 is 15.9 Å². The number of benzene rings is 7. The lowest BCUT2D eigenvalue weighted by Gasteiger charge is -2.29. The predicted octanol–water partition coefficient (Wildman–Crippen LogP) is 19.9. The quantitative estimate of drug-likeness (QED) is 0.0819. The lowest BCUT2D eigenvalue weighted by atomic mass is 9.91. The first kappa shape index (κ1) is 60.1. The van der Waals surface area contributed by atoms with Crippen LogP contribution in [0.1, 0.15) is 138 Å². The maximum absolute atomic E-state index is 14.9. The second kappa shape index (κ2) is 29.1. The summed E-state index contributed by atoms with van der Waals surface area (Å²) in [6.07, 6.45) is 14.5. The smallest absolute Gasteiger partial charge is 0.194 e. The molecule has 5 nitrogen and oxygen atoms in total. The van der Waals surface area contributed by atoms with Crippen LogP contribution in [0.3, 0.4) is 0 Å². The molecule has 0 amide bonds. The Bertz CT molecular complexity index is 2990. The third-order valence-corrected chi connectivity index (χ3v) is 15.9. The number of phenols is 1. The van der Waals surface area contributed by atoms with Gasteiger partial charge in [-0.15, -0.1) is 0 Å². The number of hydrogen-bond donors (Lipinski definition) is 1. The minimum Gasteiger partial charge on any atom is -0.503 e. The van der Waals surface area contributed by atoms with Gasteiger partial charge >= 0.3 is 0 Å². The molecule has 7 aromatic rings. The van der Waals surface area contributed by atoms with Crippen LogP contribution in [-0.2, 0) is 20.8 Å². The third-order valence-electron chi connectivity index (χ3n) is 15.3. The molecule has 0 aliphatic carbocycles. The Morgan fingerprint density at radius 3 is 1.09 bits per heavy atom. The highest BCUT2D eigenvalue weighted by molar-refractivity contribution is 9.10. The van der Waals surface area contributed by atoms with Gasteiger partial charge in [0.2, 0.25) is 0 Å². The van der Waals surface area contributed by atoms with Crippen LogP contribution >= 0.6 is 15.9 Å². The molecule has 0 saturated carbocycles. The van der Waals surface area contributed by atoms with Gasteiger partial charge in [0.1, 0.15) is 6.61 Å². The van der Waals surface area contributed by atoms with Crippen LogP contribution in [0, 0.1) is 58.5 Å². The molecule has 0 bridgehead atoms. The first-order chi connectivity index (χ1) is 38.7. The van der Waals surface area contributed by atoms with E-state index in [2.05, 4.69) is 61.0 Å². The molecule has 3 heterocycles. The predicted molar refractivity (Wildman–Crippen MR) is 304 cm³/mol. The second-order valence-corrected chi connectivity index (χ2v) is 22.2. The highest BCUT2D eigenvalue weighted by Gasteiger charge is 2.26. The lowest BCUT2D eigenvalue weighted by molar-refractivity contribution is -0.0195. The number of aromatic hydroxyl groups is 1. The van der Waals surface area contributed by atoms with Crippen LogP contribution in [0.2, 0.25) is 0 Å². The Balaban J connectivity index is 0.000000177. The summed E-state index contributed by atoms with van der Waals surface area (Å²) in [5.41, 5.74) is 6.84. The van der Waals surface area contributed by atoms with E-state index in [1.54, 1.807) is 24.3 Å². The normalized spacial score (nSPS) is 20.0. The van der Waals surface area contributed by atoms with Gasteiger partial charge in [-0.3, -0.25) is 0 Å². The Kier molecular flexibility index (Phi) is 21.9. The Morgan fingerprint density at radius 2 is 0.750 bits per heavy atom. The van der Waals surface area contributed by atoms with Crippen LogP contribution in [-0.4, -0.2) is 24.9 Å². The largest absolute Gasteiger partial charge is 0.503 e. The Hall–Kier alpha value is -5.99. The van der Waals surface area contributed by atoms with Gasteiger partial charge in [-0.1, -0.05) is 141 Å². The number of hydrogen-bond acceptors (Lipinski definition) is 5. The van der Waals surface area contributed by atoms with Crippen LogP contribution in [0.4, 0.5) is 30.7 Å². The number of phenolic OH excluding ortho intramolecular Hbond substituents is 1. The zero-order chi connectivity index (χ0) is 56.7. The molecule has 80 heavy (non-hydrogen) atoms. The highest BCUT2D eigenvalue weighted by atomic mass is 79.9. The van der Waals surface area contributed by atoms with Crippen molar-refractivity contribution in [3.63, 3.8) is 0 Å². The highest BCUT2D eigenvalue weighted by Crippen LogP contribution is 2.38. The van der Waals surface area contributed by atoms with Gasteiger partial charge in [-0.05, 0) is 180 Å². The average Bonchev–Trinajstić information content (AvgIpc) is 3.48. The van der Waals surface area contributed by atoms with Crippen molar-refractivity contribution in [2.45, 2.75) is 123 Å². The molecule has 3 saturated heterocycles. The molecular weight excluding hydrogens is 1100 g/mol.